The second-order valence-electron chi connectivity index (χ2n) is 8.19. The lowest BCUT2D eigenvalue weighted by Gasteiger charge is -2.27. The first-order chi connectivity index (χ1) is 14.5. The number of nitrogens with zero attached hydrogens (tertiary/aromatic N) is 2. The molecule has 7 heteroatoms. The number of aromatic nitrogens is 2. The van der Waals surface area contributed by atoms with Crippen LogP contribution in [-0.2, 0) is 13.0 Å². The number of rotatable bonds is 2. The van der Waals surface area contributed by atoms with Crippen molar-refractivity contribution in [3.8, 4) is 0 Å². The molecular weight excluding hydrogens is 376 g/mol. The van der Waals surface area contributed by atoms with Gasteiger partial charge in [-0.3, -0.25) is 5.10 Å². The Kier molecular flexibility index (Phi) is 4.38. The van der Waals surface area contributed by atoms with E-state index in [0.29, 0.717) is 13.1 Å². The highest BCUT2D eigenvalue weighted by atomic mass is 16.2. The summed E-state index contributed by atoms with van der Waals surface area (Å²) in [6.45, 7) is 7.43. The van der Waals surface area contributed by atoms with Crippen LogP contribution in [0.4, 0.5) is 21.9 Å². The fourth-order valence-corrected chi connectivity index (χ4v) is 4.20. The van der Waals surface area contributed by atoms with Crippen LogP contribution < -0.4 is 16.0 Å². The molecule has 0 spiro atoms. The summed E-state index contributed by atoms with van der Waals surface area (Å²) in [6.07, 6.45) is 0.713. The van der Waals surface area contributed by atoms with Crippen molar-refractivity contribution < 1.29 is 4.79 Å². The lowest BCUT2D eigenvalue weighted by molar-refractivity contribution is 0.205. The number of hydrogen-bond donors (Lipinski definition) is 4. The smallest absolute Gasteiger partial charge is 0.322 e. The van der Waals surface area contributed by atoms with Crippen molar-refractivity contribution >= 4 is 23.1 Å². The van der Waals surface area contributed by atoms with Crippen LogP contribution in [-0.4, -0.2) is 27.7 Å². The largest absolute Gasteiger partial charge is 0.359 e. The minimum atomic E-state index is -0.0819. The minimum absolute atomic E-state index is 0.0615. The number of amides is 2. The summed E-state index contributed by atoms with van der Waals surface area (Å²) in [5.41, 5.74) is 9.83. The van der Waals surface area contributed by atoms with Gasteiger partial charge in [0.1, 0.15) is 11.9 Å². The maximum absolute atomic E-state index is 12.8. The zero-order valence-electron chi connectivity index (χ0n) is 17.5. The molecule has 0 bridgehead atoms. The van der Waals surface area contributed by atoms with Crippen molar-refractivity contribution in [3.05, 3.63) is 70.0 Å². The molecule has 3 heterocycles. The Morgan fingerprint density at radius 2 is 1.77 bits per heavy atom. The number of nitrogens with one attached hydrogen (secondary N) is 4. The third kappa shape index (κ3) is 3.16. The summed E-state index contributed by atoms with van der Waals surface area (Å²) < 4.78 is 0. The number of aromatic amines is 1. The van der Waals surface area contributed by atoms with Crippen LogP contribution in [0.1, 0.15) is 39.8 Å². The summed E-state index contributed by atoms with van der Waals surface area (Å²) in [4.78, 5) is 14.6. The molecule has 0 saturated carbocycles. The molecule has 0 saturated heterocycles. The van der Waals surface area contributed by atoms with Gasteiger partial charge in [0.25, 0.3) is 0 Å². The van der Waals surface area contributed by atoms with Gasteiger partial charge in [-0.2, -0.15) is 5.10 Å². The van der Waals surface area contributed by atoms with E-state index in [-0.39, 0.29) is 12.2 Å². The molecule has 2 aliphatic rings. The van der Waals surface area contributed by atoms with E-state index in [0.717, 1.165) is 40.4 Å². The topological polar surface area (TPSA) is 85.1 Å². The molecule has 5 rings (SSSR count). The number of para-hydroxylation sites is 1. The van der Waals surface area contributed by atoms with Crippen LogP contribution in [0.25, 0.3) is 0 Å². The zero-order valence-corrected chi connectivity index (χ0v) is 17.5. The minimum Gasteiger partial charge on any atom is -0.359 e. The van der Waals surface area contributed by atoms with Crippen molar-refractivity contribution in [1.29, 1.82) is 0 Å². The summed E-state index contributed by atoms with van der Waals surface area (Å²) in [6, 6.07) is 12.1. The van der Waals surface area contributed by atoms with E-state index in [2.05, 4.69) is 52.1 Å². The first-order valence-electron chi connectivity index (χ1n) is 10.3. The van der Waals surface area contributed by atoms with Gasteiger partial charge in [0.15, 0.2) is 0 Å². The average molecular weight is 403 g/mol. The van der Waals surface area contributed by atoms with Gasteiger partial charge >= 0.3 is 6.03 Å². The summed E-state index contributed by atoms with van der Waals surface area (Å²) in [5, 5.41) is 17.9. The van der Waals surface area contributed by atoms with Crippen LogP contribution in [0.15, 0.2) is 36.4 Å². The molecule has 3 aromatic rings. The molecule has 0 fully saturated rings. The first kappa shape index (κ1) is 18.5. The van der Waals surface area contributed by atoms with E-state index >= 15 is 0 Å². The molecule has 0 unspecified atom stereocenters. The van der Waals surface area contributed by atoms with Crippen molar-refractivity contribution in [1.82, 2.24) is 15.1 Å². The number of urea groups is 1. The lowest BCUT2D eigenvalue weighted by atomic mass is 10.0. The van der Waals surface area contributed by atoms with Crippen molar-refractivity contribution in [2.45, 2.75) is 39.9 Å². The van der Waals surface area contributed by atoms with Crippen LogP contribution in [0.2, 0.25) is 0 Å². The maximum Gasteiger partial charge on any atom is 0.322 e. The van der Waals surface area contributed by atoms with Gasteiger partial charge < -0.3 is 20.9 Å². The SMILES string of the molecule is Cc1cc2c(cc1C)NC(c1n[nH]c3c1CCN(C(=O)Nc1ccccc1C)C3)N2. The van der Waals surface area contributed by atoms with E-state index in [4.69, 9.17) is 0 Å². The van der Waals surface area contributed by atoms with E-state index in [1.54, 1.807) is 0 Å². The Hall–Kier alpha value is -3.48. The summed E-state index contributed by atoms with van der Waals surface area (Å²) in [7, 11) is 0. The van der Waals surface area contributed by atoms with Crippen LogP contribution in [0.5, 0.6) is 0 Å². The Labute approximate surface area is 175 Å². The fraction of sp³-hybridized carbons (Fsp3) is 0.304. The molecule has 2 amide bonds. The first-order valence-corrected chi connectivity index (χ1v) is 10.3. The van der Waals surface area contributed by atoms with Gasteiger partial charge in [-0.05, 0) is 62.1 Å². The molecule has 30 heavy (non-hydrogen) atoms. The van der Waals surface area contributed by atoms with Crippen molar-refractivity contribution in [3.63, 3.8) is 0 Å². The molecular formula is C23H26N6O. The molecule has 4 N–H and O–H groups in total. The molecule has 0 radical (unpaired) electrons. The molecule has 0 atom stereocenters. The summed E-state index contributed by atoms with van der Waals surface area (Å²) >= 11 is 0. The third-order valence-electron chi connectivity index (χ3n) is 6.15. The van der Waals surface area contributed by atoms with E-state index < -0.39 is 0 Å². The highest BCUT2D eigenvalue weighted by molar-refractivity contribution is 5.90. The quantitative estimate of drug-likeness (QED) is 0.510. The molecule has 1 aromatic heterocycles. The number of H-pyrrole nitrogens is 1. The number of carbonyl (C=O) groups excluding carboxylic acids is 1. The van der Waals surface area contributed by atoms with Gasteiger partial charge in [0.05, 0.1) is 23.6 Å². The van der Waals surface area contributed by atoms with Gasteiger partial charge in [0.2, 0.25) is 0 Å². The Morgan fingerprint density at radius 3 is 2.47 bits per heavy atom. The maximum atomic E-state index is 12.8. The average Bonchev–Trinajstić information content (AvgIpc) is 3.33. The Bertz CT molecular complexity index is 1100. The predicted octanol–water partition coefficient (Wildman–Crippen LogP) is 4.46. The van der Waals surface area contributed by atoms with E-state index in [1.807, 2.05) is 36.1 Å². The lowest BCUT2D eigenvalue weighted by Crippen LogP contribution is -2.39. The second-order valence-corrected chi connectivity index (χ2v) is 8.19. The van der Waals surface area contributed by atoms with Gasteiger partial charge in [-0.15, -0.1) is 0 Å². The van der Waals surface area contributed by atoms with Gasteiger partial charge in [0, 0.05) is 17.8 Å². The number of carbonyl (C=O) groups is 1. The van der Waals surface area contributed by atoms with Crippen molar-refractivity contribution in [2.24, 2.45) is 0 Å². The van der Waals surface area contributed by atoms with E-state index in [9.17, 15) is 4.79 Å². The Morgan fingerprint density at radius 1 is 1.07 bits per heavy atom. The normalized spacial score (nSPS) is 15.2. The molecule has 154 valence electrons. The highest BCUT2D eigenvalue weighted by Crippen LogP contribution is 2.38. The van der Waals surface area contributed by atoms with Gasteiger partial charge in [-0.25, -0.2) is 4.79 Å². The number of aryl methyl sites for hydroxylation is 3. The van der Waals surface area contributed by atoms with Crippen LogP contribution in [0.3, 0.4) is 0 Å². The highest BCUT2D eigenvalue weighted by Gasteiger charge is 2.31. The monoisotopic (exact) mass is 402 g/mol. The summed E-state index contributed by atoms with van der Waals surface area (Å²) in [5.74, 6) is 0. The molecule has 0 aliphatic carbocycles. The van der Waals surface area contributed by atoms with Gasteiger partial charge in [-0.1, -0.05) is 18.2 Å². The fourth-order valence-electron chi connectivity index (χ4n) is 4.20. The number of benzene rings is 2. The number of anilines is 3. The van der Waals surface area contributed by atoms with E-state index in [1.165, 1.54) is 16.7 Å². The predicted molar refractivity (Wildman–Crippen MR) is 119 cm³/mol. The molecule has 2 aliphatic heterocycles. The van der Waals surface area contributed by atoms with Crippen LogP contribution >= 0.6 is 0 Å². The standard InChI is InChI=1S/C23H26N6O/c1-13-6-4-5-7-17(13)26-23(30)29-9-8-16-20(12-29)27-28-21(16)22-24-18-10-14(2)15(3)11-19(18)25-22/h4-7,10-11,22,24-25H,8-9,12H2,1-3H3,(H,26,30)(H,27,28). The number of fused-ring (bicyclic) bond motifs is 2. The second kappa shape index (κ2) is 7.09. The number of hydrogen-bond acceptors (Lipinski definition) is 4. The third-order valence-corrected chi connectivity index (χ3v) is 6.15. The van der Waals surface area contributed by atoms with Crippen molar-refractivity contribution in [2.75, 3.05) is 22.5 Å². The molecule has 2 aromatic carbocycles. The van der Waals surface area contributed by atoms with Crippen LogP contribution in [0, 0.1) is 20.8 Å². The Balaban J connectivity index is 1.31. The zero-order chi connectivity index (χ0) is 20.8. The molecule has 7 nitrogen and oxygen atoms in total.